The molecule has 0 radical (unpaired) electrons. The van der Waals surface area contributed by atoms with Crippen molar-refractivity contribution in [3.8, 4) is 5.69 Å². The Morgan fingerprint density at radius 2 is 2.00 bits per heavy atom. The first kappa shape index (κ1) is 14.3. The predicted octanol–water partition coefficient (Wildman–Crippen LogP) is 2.57. The molecule has 2 atom stereocenters. The van der Waals surface area contributed by atoms with Crippen LogP contribution in [0.2, 0.25) is 0 Å². The van der Waals surface area contributed by atoms with E-state index in [0.29, 0.717) is 0 Å². The molecule has 1 aromatic carbocycles. The summed E-state index contributed by atoms with van der Waals surface area (Å²) in [5, 5.41) is 18.1. The van der Waals surface area contributed by atoms with E-state index >= 15 is 0 Å². The predicted molar refractivity (Wildman–Crippen MR) is 83.4 cm³/mol. The lowest BCUT2D eigenvalue weighted by Crippen LogP contribution is -2.41. The van der Waals surface area contributed by atoms with Crippen molar-refractivity contribution < 1.29 is 5.11 Å². The molecule has 1 aliphatic carbocycles. The Bertz CT molecular complexity index is 579. The zero-order valence-electron chi connectivity index (χ0n) is 12.5. The highest BCUT2D eigenvalue weighted by atomic mass is 16.3. The van der Waals surface area contributed by atoms with Crippen molar-refractivity contribution in [3.05, 3.63) is 47.8 Å². The minimum atomic E-state index is -0.205. The van der Waals surface area contributed by atoms with Gasteiger partial charge in [-0.15, -0.1) is 0 Å². The molecule has 112 valence electrons. The van der Waals surface area contributed by atoms with E-state index in [9.17, 15) is 5.11 Å². The molecule has 4 heteroatoms. The summed E-state index contributed by atoms with van der Waals surface area (Å²) >= 11 is 0. The van der Waals surface area contributed by atoms with Crippen molar-refractivity contribution in [3.63, 3.8) is 0 Å². The number of nitrogens with zero attached hydrogens (tertiary/aromatic N) is 2. The van der Waals surface area contributed by atoms with Gasteiger partial charge in [-0.2, -0.15) is 5.10 Å². The Morgan fingerprint density at radius 1 is 1.24 bits per heavy atom. The minimum Gasteiger partial charge on any atom is -0.392 e. The molecule has 0 amide bonds. The molecule has 2 aromatic rings. The van der Waals surface area contributed by atoms with Crippen molar-refractivity contribution in [2.24, 2.45) is 0 Å². The van der Waals surface area contributed by atoms with Crippen LogP contribution in [0.15, 0.2) is 36.5 Å². The minimum absolute atomic E-state index is 0.205. The third-order valence-corrected chi connectivity index (χ3v) is 4.31. The molecular formula is C17H23N3O. The van der Waals surface area contributed by atoms with Crippen LogP contribution in [0.4, 0.5) is 0 Å². The summed E-state index contributed by atoms with van der Waals surface area (Å²) < 4.78 is 1.92. The molecule has 2 unspecified atom stereocenters. The van der Waals surface area contributed by atoms with Crippen LogP contribution in [0.5, 0.6) is 0 Å². The summed E-state index contributed by atoms with van der Waals surface area (Å²) in [6.07, 6.45) is 6.20. The standard InChI is InChI=1S/C17H23N3O/c1-13-14(11-18-16-9-5-6-10-17(16)21)12-20(19-13)15-7-3-2-4-8-15/h2-4,7-8,12,16-18,21H,5-6,9-11H2,1H3. The van der Waals surface area contributed by atoms with Gasteiger partial charge in [0.05, 0.1) is 17.5 Å². The molecule has 0 saturated heterocycles. The summed E-state index contributed by atoms with van der Waals surface area (Å²) in [4.78, 5) is 0. The smallest absolute Gasteiger partial charge is 0.0693 e. The van der Waals surface area contributed by atoms with E-state index in [2.05, 4.69) is 28.7 Å². The van der Waals surface area contributed by atoms with E-state index in [-0.39, 0.29) is 12.1 Å². The highest BCUT2D eigenvalue weighted by molar-refractivity contribution is 5.32. The molecule has 1 aliphatic rings. The molecule has 1 saturated carbocycles. The Balaban J connectivity index is 1.67. The first-order chi connectivity index (χ1) is 10.2. The molecule has 1 fully saturated rings. The van der Waals surface area contributed by atoms with Gasteiger partial charge in [-0.05, 0) is 31.9 Å². The van der Waals surface area contributed by atoms with E-state index in [4.69, 9.17) is 0 Å². The molecule has 0 bridgehead atoms. The maximum atomic E-state index is 10.0. The van der Waals surface area contributed by atoms with Crippen LogP contribution < -0.4 is 5.32 Å². The van der Waals surface area contributed by atoms with E-state index in [1.165, 1.54) is 12.0 Å². The number of nitrogens with one attached hydrogen (secondary N) is 1. The summed E-state index contributed by atoms with van der Waals surface area (Å²) in [5.41, 5.74) is 3.30. The van der Waals surface area contributed by atoms with Crippen LogP contribution in [0.25, 0.3) is 5.69 Å². The highest BCUT2D eigenvalue weighted by Gasteiger charge is 2.22. The summed E-state index contributed by atoms with van der Waals surface area (Å²) in [6, 6.07) is 10.4. The number of hydrogen-bond donors (Lipinski definition) is 2. The number of para-hydroxylation sites is 1. The number of aliphatic hydroxyl groups is 1. The van der Waals surface area contributed by atoms with Gasteiger partial charge in [0.2, 0.25) is 0 Å². The molecule has 1 heterocycles. The molecular weight excluding hydrogens is 262 g/mol. The zero-order valence-corrected chi connectivity index (χ0v) is 12.5. The highest BCUT2D eigenvalue weighted by Crippen LogP contribution is 2.19. The molecule has 4 nitrogen and oxygen atoms in total. The first-order valence-electron chi connectivity index (χ1n) is 7.76. The van der Waals surface area contributed by atoms with Crippen molar-refractivity contribution in [2.45, 2.75) is 51.3 Å². The van der Waals surface area contributed by atoms with Crippen LogP contribution in [-0.2, 0) is 6.54 Å². The second-order valence-corrected chi connectivity index (χ2v) is 5.86. The lowest BCUT2D eigenvalue weighted by molar-refractivity contribution is 0.0902. The monoisotopic (exact) mass is 285 g/mol. The van der Waals surface area contributed by atoms with Gasteiger partial charge in [0, 0.05) is 24.3 Å². The van der Waals surface area contributed by atoms with Gasteiger partial charge in [0.25, 0.3) is 0 Å². The SMILES string of the molecule is Cc1nn(-c2ccccc2)cc1CNC1CCCCC1O. The first-order valence-corrected chi connectivity index (χ1v) is 7.76. The second-order valence-electron chi connectivity index (χ2n) is 5.86. The quantitative estimate of drug-likeness (QED) is 0.908. The van der Waals surface area contributed by atoms with Crippen molar-refractivity contribution >= 4 is 0 Å². The number of aliphatic hydroxyl groups excluding tert-OH is 1. The number of aryl methyl sites for hydroxylation is 1. The molecule has 21 heavy (non-hydrogen) atoms. The Labute approximate surface area is 125 Å². The summed E-state index contributed by atoms with van der Waals surface area (Å²) in [7, 11) is 0. The largest absolute Gasteiger partial charge is 0.392 e. The van der Waals surface area contributed by atoms with Gasteiger partial charge < -0.3 is 10.4 Å². The van der Waals surface area contributed by atoms with Gasteiger partial charge in [-0.1, -0.05) is 31.0 Å². The lowest BCUT2D eigenvalue weighted by atomic mass is 9.92. The number of rotatable bonds is 4. The fourth-order valence-electron chi connectivity index (χ4n) is 2.97. The van der Waals surface area contributed by atoms with Gasteiger partial charge in [-0.3, -0.25) is 0 Å². The molecule has 3 rings (SSSR count). The maximum absolute atomic E-state index is 10.0. The van der Waals surface area contributed by atoms with E-state index < -0.39 is 0 Å². The second kappa shape index (κ2) is 6.41. The Hall–Kier alpha value is -1.65. The van der Waals surface area contributed by atoms with Crippen LogP contribution in [0, 0.1) is 6.92 Å². The lowest BCUT2D eigenvalue weighted by Gasteiger charge is -2.28. The van der Waals surface area contributed by atoms with Crippen molar-refractivity contribution in [1.29, 1.82) is 0 Å². The van der Waals surface area contributed by atoms with Gasteiger partial charge in [-0.25, -0.2) is 4.68 Å². The molecule has 2 N–H and O–H groups in total. The fourth-order valence-corrected chi connectivity index (χ4v) is 2.97. The third-order valence-electron chi connectivity index (χ3n) is 4.31. The molecule has 0 aliphatic heterocycles. The fraction of sp³-hybridized carbons (Fsp3) is 0.471. The topological polar surface area (TPSA) is 50.1 Å². The summed E-state index contributed by atoms with van der Waals surface area (Å²) in [5.74, 6) is 0. The van der Waals surface area contributed by atoms with E-state index in [0.717, 1.165) is 37.2 Å². The van der Waals surface area contributed by atoms with E-state index in [1.54, 1.807) is 0 Å². The van der Waals surface area contributed by atoms with Crippen LogP contribution >= 0.6 is 0 Å². The van der Waals surface area contributed by atoms with Gasteiger partial charge in [0.15, 0.2) is 0 Å². The van der Waals surface area contributed by atoms with Crippen LogP contribution in [0.1, 0.15) is 36.9 Å². The Kier molecular flexibility index (Phi) is 4.36. The third kappa shape index (κ3) is 3.34. The number of benzene rings is 1. The molecule has 1 aromatic heterocycles. The average molecular weight is 285 g/mol. The summed E-state index contributed by atoms with van der Waals surface area (Å²) in [6.45, 7) is 2.80. The van der Waals surface area contributed by atoms with E-state index in [1.807, 2.05) is 29.8 Å². The average Bonchev–Trinajstić information content (AvgIpc) is 2.89. The number of hydrogen-bond acceptors (Lipinski definition) is 3. The van der Waals surface area contributed by atoms with Gasteiger partial charge >= 0.3 is 0 Å². The number of aromatic nitrogens is 2. The van der Waals surface area contributed by atoms with Crippen LogP contribution in [0.3, 0.4) is 0 Å². The normalized spacial score (nSPS) is 22.4. The zero-order chi connectivity index (χ0) is 14.7. The van der Waals surface area contributed by atoms with Crippen molar-refractivity contribution in [2.75, 3.05) is 0 Å². The Morgan fingerprint density at radius 3 is 2.76 bits per heavy atom. The van der Waals surface area contributed by atoms with Crippen LogP contribution in [-0.4, -0.2) is 27.0 Å². The van der Waals surface area contributed by atoms with Crippen molar-refractivity contribution in [1.82, 2.24) is 15.1 Å². The maximum Gasteiger partial charge on any atom is 0.0693 e. The van der Waals surface area contributed by atoms with Gasteiger partial charge in [0.1, 0.15) is 0 Å². The molecule has 0 spiro atoms.